The lowest BCUT2D eigenvalue weighted by Gasteiger charge is -2.23. The Kier molecular flexibility index (Phi) is 6.61. The highest BCUT2D eigenvalue weighted by Gasteiger charge is 2.14. The van der Waals surface area contributed by atoms with E-state index < -0.39 is 6.10 Å². The van der Waals surface area contributed by atoms with Gasteiger partial charge in [0.25, 0.3) is 0 Å². The molecule has 2 N–H and O–H groups in total. The largest absolute Gasteiger partial charge is 0.385 e. The molecule has 4 heterocycles. The van der Waals surface area contributed by atoms with Crippen molar-refractivity contribution in [3.63, 3.8) is 0 Å². The molecule has 0 unspecified atom stereocenters. The molecule has 162 valence electrons. The third-order valence-corrected chi connectivity index (χ3v) is 4.81. The van der Waals surface area contributed by atoms with Crippen LogP contribution in [-0.4, -0.2) is 61.8 Å². The lowest BCUT2D eigenvalue weighted by atomic mass is 10.2. The van der Waals surface area contributed by atoms with E-state index in [4.69, 9.17) is 4.52 Å². The summed E-state index contributed by atoms with van der Waals surface area (Å²) in [7, 11) is 0. The van der Waals surface area contributed by atoms with Crippen molar-refractivity contribution < 1.29 is 14.4 Å². The number of aliphatic hydroxyl groups excluding tert-OH is 1. The van der Waals surface area contributed by atoms with Gasteiger partial charge in [-0.25, -0.2) is 4.98 Å². The maximum absolute atomic E-state index is 11.3. The number of aromatic nitrogens is 4. The number of pyridine rings is 1. The predicted molar refractivity (Wildman–Crippen MR) is 116 cm³/mol. The molecule has 1 amide bonds. The number of imidazole rings is 1. The molecule has 9 nitrogen and oxygen atoms in total. The van der Waals surface area contributed by atoms with Gasteiger partial charge in [-0.3, -0.25) is 14.7 Å². The van der Waals surface area contributed by atoms with Gasteiger partial charge in [0.05, 0.1) is 19.6 Å². The van der Waals surface area contributed by atoms with Crippen LogP contribution >= 0.6 is 0 Å². The molecule has 0 bridgehead atoms. The zero-order valence-corrected chi connectivity index (χ0v) is 17.6. The summed E-state index contributed by atoms with van der Waals surface area (Å²) in [5.74, 6) is 12.7. The number of hydrogen-bond donors (Lipinski definition) is 2. The van der Waals surface area contributed by atoms with Gasteiger partial charge in [-0.05, 0) is 30.9 Å². The minimum atomic E-state index is -0.664. The van der Waals surface area contributed by atoms with E-state index >= 15 is 0 Å². The Balaban J connectivity index is 1.35. The number of aliphatic hydroxyl groups is 1. The molecule has 4 rings (SSSR count). The molecule has 0 aliphatic carbocycles. The highest BCUT2D eigenvalue weighted by molar-refractivity contribution is 5.78. The molecular weight excluding hydrogens is 408 g/mol. The van der Waals surface area contributed by atoms with E-state index in [1.165, 1.54) is 0 Å². The molecule has 0 spiro atoms. The minimum Gasteiger partial charge on any atom is -0.385 e. The number of nitrogens with one attached hydrogen (secondary N) is 1. The minimum absolute atomic E-state index is 0.0282. The van der Waals surface area contributed by atoms with Crippen LogP contribution in [0.25, 0.3) is 11.5 Å². The van der Waals surface area contributed by atoms with E-state index in [0.29, 0.717) is 49.2 Å². The molecule has 3 aromatic heterocycles. The van der Waals surface area contributed by atoms with Crippen molar-refractivity contribution in [3.05, 3.63) is 53.9 Å². The van der Waals surface area contributed by atoms with E-state index in [1.807, 2.05) is 27.7 Å². The lowest BCUT2D eigenvalue weighted by Crippen LogP contribution is -2.47. The molecule has 3 aromatic rings. The van der Waals surface area contributed by atoms with Crippen LogP contribution in [0.15, 0.2) is 41.3 Å². The van der Waals surface area contributed by atoms with Gasteiger partial charge < -0.3 is 19.5 Å². The van der Waals surface area contributed by atoms with Gasteiger partial charge in [0.15, 0.2) is 5.76 Å². The first-order valence-corrected chi connectivity index (χ1v) is 10.2. The number of carbonyl (C=O) groups is 1. The molecule has 0 aromatic carbocycles. The summed E-state index contributed by atoms with van der Waals surface area (Å²) < 4.78 is 7.24. The SMILES string of the molecule is C[C@H](O)c1nccn1Cc1cc(-c2ccc(C#CC#CCN3CCNC(=O)C3)cn2)on1. The van der Waals surface area contributed by atoms with Crippen LogP contribution in [0.4, 0.5) is 0 Å². The van der Waals surface area contributed by atoms with Crippen molar-refractivity contribution in [3.8, 4) is 35.1 Å². The Labute approximate surface area is 185 Å². The molecule has 1 aliphatic heterocycles. The predicted octanol–water partition coefficient (Wildman–Crippen LogP) is 0.821. The number of hydrogen-bond acceptors (Lipinski definition) is 7. The van der Waals surface area contributed by atoms with Crippen LogP contribution in [0.1, 0.15) is 30.1 Å². The fraction of sp³-hybridized carbons (Fsp3) is 0.304. The molecule has 1 saturated heterocycles. The van der Waals surface area contributed by atoms with Gasteiger partial charge >= 0.3 is 0 Å². The summed E-state index contributed by atoms with van der Waals surface area (Å²) in [6, 6.07) is 5.47. The standard InChI is InChI=1S/C23H22N6O3/c1-17(30)23-25-9-12-29(23)15-19-13-21(32-27-19)20-7-6-18(14-26-20)5-3-2-4-10-28-11-8-24-22(31)16-28/h6-7,9,12-14,17,30H,8,10-11,15-16H2,1H3,(H,24,31)/t17-/m0/s1. The third kappa shape index (κ3) is 5.41. The summed E-state index contributed by atoms with van der Waals surface area (Å²) >= 11 is 0. The third-order valence-electron chi connectivity index (χ3n) is 4.81. The van der Waals surface area contributed by atoms with Gasteiger partial charge in [0.2, 0.25) is 5.91 Å². The van der Waals surface area contributed by atoms with Crippen molar-refractivity contribution in [1.29, 1.82) is 0 Å². The van der Waals surface area contributed by atoms with Crippen LogP contribution in [0, 0.1) is 23.7 Å². The molecule has 1 fully saturated rings. The fourth-order valence-electron chi connectivity index (χ4n) is 3.24. The van der Waals surface area contributed by atoms with Crippen LogP contribution in [0.3, 0.4) is 0 Å². The van der Waals surface area contributed by atoms with Crippen LogP contribution in [0.5, 0.6) is 0 Å². The molecule has 1 atom stereocenters. The van der Waals surface area contributed by atoms with Gasteiger partial charge in [0, 0.05) is 43.3 Å². The Morgan fingerprint density at radius 1 is 1.31 bits per heavy atom. The van der Waals surface area contributed by atoms with E-state index in [1.54, 1.807) is 25.5 Å². The van der Waals surface area contributed by atoms with Gasteiger partial charge in [-0.2, -0.15) is 0 Å². The Morgan fingerprint density at radius 3 is 3.00 bits per heavy atom. The smallest absolute Gasteiger partial charge is 0.234 e. The van der Waals surface area contributed by atoms with E-state index in [2.05, 4.69) is 44.1 Å². The average molecular weight is 430 g/mol. The van der Waals surface area contributed by atoms with Crippen molar-refractivity contribution in [1.82, 2.24) is 29.9 Å². The van der Waals surface area contributed by atoms with Crippen LogP contribution < -0.4 is 5.32 Å². The topological polar surface area (TPSA) is 109 Å². The summed E-state index contributed by atoms with van der Waals surface area (Å²) in [6.45, 7) is 4.46. The monoisotopic (exact) mass is 430 g/mol. The zero-order valence-electron chi connectivity index (χ0n) is 17.6. The highest BCUT2D eigenvalue weighted by atomic mass is 16.5. The fourth-order valence-corrected chi connectivity index (χ4v) is 3.24. The molecule has 1 aliphatic rings. The Bertz CT molecular complexity index is 1200. The molecular formula is C23H22N6O3. The summed E-state index contributed by atoms with van der Waals surface area (Å²) in [6.07, 6.45) is 4.42. The van der Waals surface area contributed by atoms with Crippen molar-refractivity contribution in [2.75, 3.05) is 26.2 Å². The summed E-state index contributed by atoms with van der Waals surface area (Å²) in [4.78, 5) is 21.8. The molecule has 9 heteroatoms. The van der Waals surface area contributed by atoms with Crippen molar-refractivity contribution >= 4 is 5.91 Å². The first kappa shape index (κ1) is 21.3. The van der Waals surface area contributed by atoms with Crippen LogP contribution in [0.2, 0.25) is 0 Å². The quantitative estimate of drug-likeness (QED) is 0.577. The Hall–Kier alpha value is -3.92. The number of piperazine rings is 1. The summed E-state index contributed by atoms with van der Waals surface area (Å²) in [5.41, 5.74) is 2.08. The number of amides is 1. The maximum Gasteiger partial charge on any atom is 0.234 e. The number of nitrogens with zero attached hydrogens (tertiary/aromatic N) is 5. The second-order valence-electron chi connectivity index (χ2n) is 7.32. The number of carbonyl (C=O) groups excluding carboxylic acids is 1. The summed E-state index contributed by atoms with van der Waals surface area (Å²) in [5, 5.41) is 16.6. The molecule has 0 radical (unpaired) electrons. The zero-order chi connectivity index (χ0) is 22.3. The number of rotatable bonds is 5. The first-order valence-electron chi connectivity index (χ1n) is 10.2. The molecule has 0 saturated carbocycles. The van der Waals surface area contributed by atoms with Gasteiger partial charge in [-0.15, -0.1) is 0 Å². The molecule has 32 heavy (non-hydrogen) atoms. The average Bonchev–Trinajstić information content (AvgIpc) is 3.44. The second kappa shape index (κ2) is 9.92. The normalized spacial score (nSPS) is 14.6. The van der Waals surface area contributed by atoms with Crippen molar-refractivity contribution in [2.45, 2.75) is 19.6 Å². The van der Waals surface area contributed by atoms with E-state index in [-0.39, 0.29) is 5.91 Å². The second-order valence-corrected chi connectivity index (χ2v) is 7.32. The van der Waals surface area contributed by atoms with Crippen LogP contribution in [-0.2, 0) is 11.3 Å². The van der Waals surface area contributed by atoms with E-state index in [0.717, 1.165) is 12.1 Å². The van der Waals surface area contributed by atoms with Crippen molar-refractivity contribution in [2.24, 2.45) is 0 Å². The van der Waals surface area contributed by atoms with Gasteiger partial charge in [-0.1, -0.05) is 17.0 Å². The van der Waals surface area contributed by atoms with Gasteiger partial charge in [0.1, 0.15) is 23.3 Å². The Morgan fingerprint density at radius 2 is 2.22 bits per heavy atom. The lowest BCUT2D eigenvalue weighted by molar-refractivity contribution is -0.123. The maximum atomic E-state index is 11.3. The highest BCUT2D eigenvalue weighted by Crippen LogP contribution is 2.19. The van der Waals surface area contributed by atoms with E-state index in [9.17, 15) is 9.90 Å². The first-order chi connectivity index (χ1) is 15.6.